The number of rotatable bonds is 5. The smallest absolute Gasteiger partial charge is 0.194 e. The number of hydrogen-bond acceptors (Lipinski definition) is 2. The molecule has 22 heavy (non-hydrogen) atoms. The zero-order valence-electron chi connectivity index (χ0n) is 13.2. The minimum atomic E-state index is -0.198. The van der Waals surface area contributed by atoms with Crippen molar-refractivity contribution in [1.29, 1.82) is 0 Å². The van der Waals surface area contributed by atoms with Crippen molar-refractivity contribution in [3.8, 4) is 0 Å². The lowest BCUT2D eigenvalue weighted by molar-refractivity contribution is 0.157. The fourth-order valence-corrected chi connectivity index (χ4v) is 2.61. The van der Waals surface area contributed by atoms with Crippen molar-refractivity contribution in [3.05, 3.63) is 35.6 Å². The first-order valence-electron chi connectivity index (χ1n) is 7.50. The number of nitrogens with zero attached hydrogens (tertiary/aromatic N) is 2. The zero-order chi connectivity index (χ0) is 15.1. The molecule has 1 heterocycles. The van der Waals surface area contributed by atoms with Crippen LogP contribution in [0.2, 0.25) is 0 Å². The Balaban J connectivity index is 0.00000242. The number of ether oxygens (including phenoxy) is 1. The second kappa shape index (κ2) is 9.99. The van der Waals surface area contributed by atoms with E-state index in [0.717, 1.165) is 38.6 Å². The largest absolute Gasteiger partial charge is 0.384 e. The fraction of sp³-hybridized carbons (Fsp3) is 0.562. The molecule has 0 aliphatic carbocycles. The van der Waals surface area contributed by atoms with E-state index in [-0.39, 0.29) is 29.8 Å². The molecule has 6 heteroatoms. The predicted molar refractivity (Wildman–Crippen MR) is 98.2 cm³/mol. The molecule has 124 valence electrons. The van der Waals surface area contributed by atoms with Crippen LogP contribution in [0.3, 0.4) is 0 Å². The maximum absolute atomic E-state index is 13.6. The molecule has 1 aromatic carbocycles. The molecule has 2 rings (SSSR count). The van der Waals surface area contributed by atoms with E-state index < -0.39 is 0 Å². The third kappa shape index (κ3) is 5.39. The number of benzene rings is 1. The standard InChI is InChI=1S/C16H24FN3O.HI/c1-3-18-16(20-9-8-13(11-20)12-21-2)19-10-14-6-4-5-7-15(14)17;/h4-7,13H,3,8-12H2,1-2H3,(H,18,19);1H. The Labute approximate surface area is 149 Å². The molecule has 4 nitrogen and oxygen atoms in total. The molecule has 1 fully saturated rings. The number of nitrogens with one attached hydrogen (secondary N) is 1. The van der Waals surface area contributed by atoms with Crippen molar-refractivity contribution in [2.45, 2.75) is 19.9 Å². The number of halogens is 2. The average Bonchev–Trinajstić information content (AvgIpc) is 2.94. The van der Waals surface area contributed by atoms with Crippen molar-refractivity contribution < 1.29 is 9.13 Å². The Morgan fingerprint density at radius 2 is 2.23 bits per heavy atom. The molecule has 1 unspecified atom stereocenters. The molecule has 1 saturated heterocycles. The third-order valence-electron chi connectivity index (χ3n) is 3.68. The lowest BCUT2D eigenvalue weighted by Crippen LogP contribution is -2.40. The van der Waals surface area contributed by atoms with Gasteiger partial charge in [-0.15, -0.1) is 24.0 Å². The van der Waals surface area contributed by atoms with Gasteiger partial charge in [-0.25, -0.2) is 9.38 Å². The van der Waals surface area contributed by atoms with E-state index in [1.165, 1.54) is 6.07 Å². The van der Waals surface area contributed by atoms with Crippen molar-refractivity contribution in [2.24, 2.45) is 10.9 Å². The SMILES string of the molecule is CCNC(=NCc1ccccc1F)N1CCC(COC)C1.I. The van der Waals surface area contributed by atoms with E-state index in [1.807, 2.05) is 13.0 Å². The second-order valence-electron chi connectivity index (χ2n) is 5.32. The van der Waals surface area contributed by atoms with E-state index in [9.17, 15) is 4.39 Å². The number of guanidine groups is 1. The first-order valence-corrected chi connectivity index (χ1v) is 7.50. The molecule has 0 radical (unpaired) electrons. The minimum Gasteiger partial charge on any atom is -0.384 e. The van der Waals surface area contributed by atoms with E-state index in [0.29, 0.717) is 18.0 Å². The van der Waals surface area contributed by atoms with Crippen LogP contribution < -0.4 is 5.32 Å². The molecule has 1 aliphatic heterocycles. The Bertz CT molecular complexity index is 484. The topological polar surface area (TPSA) is 36.9 Å². The van der Waals surface area contributed by atoms with Crippen LogP contribution in [0.25, 0.3) is 0 Å². The van der Waals surface area contributed by atoms with Gasteiger partial charge in [0.2, 0.25) is 0 Å². The summed E-state index contributed by atoms with van der Waals surface area (Å²) in [6, 6.07) is 6.79. The zero-order valence-corrected chi connectivity index (χ0v) is 15.5. The summed E-state index contributed by atoms with van der Waals surface area (Å²) in [4.78, 5) is 6.80. The number of methoxy groups -OCH3 is 1. The number of hydrogen-bond donors (Lipinski definition) is 1. The summed E-state index contributed by atoms with van der Waals surface area (Å²) in [6.45, 7) is 5.90. The molecule has 0 saturated carbocycles. The van der Waals surface area contributed by atoms with Crippen LogP contribution in [0, 0.1) is 11.7 Å². The van der Waals surface area contributed by atoms with Gasteiger partial charge in [-0.3, -0.25) is 0 Å². The summed E-state index contributed by atoms with van der Waals surface area (Å²) in [5, 5.41) is 3.29. The van der Waals surface area contributed by atoms with Crippen molar-refractivity contribution in [1.82, 2.24) is 10.2 Å². The van der Waals surface area contributed by atoms with Crippen LogP contribution in [-0.2, 0) is 11.3 Å². The molecule has 0 bridgehead atoms. The Hall–Kier alpha value is -0.890. The first-order chi connectivity index (χ1) is 10.2. The van der Waals surface area contributed by atoms with Gasteiger partial charge in [-0.2, -0.15) is 0 Å². The van der Waals surface area contributed by atoms with Crippen LogP contribution >= 0.6 is 24.0 Å². The van der Waals surface area contributed by atoms with Crippen LogP contribution in [0.4, 0.5) is 4.39 Å². The summed E-state index contributed by atoms with van der Waals surface area (Å²) in [5.41, 5.74) is 0.626. The number of aliphatic imine (C=N–C) groups is 1. The van der Waals surface area contributed by atoms with Crippen molar-refractivity contribution >= 4 is 29.9 Å². The molecular formula is C16H25FIN3O. The maximum Gasteiger partial charge on any atom is 0.194 e. The summed E-state index contributed by atoms with van der Waals surface area (Å²) in [7, 11) is 1.74. The van der Waals surface area contributed by atoms with Crippen LogP contribution in [-0.4, -0.2) is 44.2 Å². The summed E-state index contributed by atoms with van der Waals surface area (Å²) < 4.78 is 18.9. The monoisotopic (exact) mass is 421 g/mol. The van der Waals surface area contributed by atoms with Crippen LogP contribution in [0.1, 0.15) is 18.9 Å². The van der Waals surface area contributed by atoms with Gasteiger partial charge < -0.3 is 15.0 Å². The molecule has 1 aromatic rings. The molecule has 0 amide bonds. The molecule has 1 aliphatic rings. The normalized spacial score (nSPS) is 18.2. The highest BCUT2D eigenvalue weighted by Gasteiger charge is 2.24. The van der Waals surface area contributed by atoms with Crippen molar-refractivity contribution in [2.75, 3.05) is 33.4 Å². The highest BCUT2D eigenvalue weighted by atomic mass is 127. The maximum atomic E-state index is 13.6. The highest BCUT2D eigenvalue weighted by Crippen LogP contribution is 2.17. The molecular weight excluding hydrogens is 396 g/mol. The van der Waals surface area contributed by atoms with Gasteiger partial charge in [0.15, 0.2) is 5.96 Å². The fourth-order valence-electron chi connectivity index (χ4n) is 2.61. The van der Waals surface area contributed by atoms with E-state index in [1.54, 1.807) is 19.2 Å². The summed E-state index contributed by atoms with van der Waals surface area (Å²) >= 11 is 0. The summed E-state index contributed by atoms with van der Waals surface area (Å²) in [6.07, 6.45) is 1.11. The van der Waals surface area contributed by atoms with Gasteiger partial charge >= 0.3 is 0 Å². The van der Waals surface area contributed by atoms with Gasteiger partial charge in [-0.05, 0) is 19.4 Å². The Morgan fingerprint density at radius 1 is 1.45 bits per heavy atom. The predicted octanol–water partition coefficient (Wildman–Crippen LogP) is 2.88. The Morgan fingerprint density at radius 3 is 2.91 bits per heavy atom. The quantitative estimate of drug-likeness (QED) is 0.452. The highest BCUT2D eigenvalue weighted by molar-refractivity contribution is 14.0. The van der Waals surface area contributed by atoms with E-state index in [4.69, 9.17) is 4.74 Å². The summed E-state index contributed by atoms with van der Waals surface area (Å²) in [5.74, 6) is 1.21. The van der Waals surface area contributed by atoms with Gasteiger partial charge in [0.1, 0.15) is 5.82 Å². The van der Waals surface area contributed by atoms with Crippen molar-refractivity contribution in [3.63, 3.8) is 0 Å². The van der Waals surface area contributed by atoms with Gasteiger partial charge in [0.25, 0.3) is 0 Å². The number of likely N-dealkylation sites (tertiary alicyclic amines) is 1. The van der Waals surface area contributed by atoms with Crippen LogP contribution in [0.15, 0.2) is 29.3 Å². The third-order valence-corrected chi connectivity index (χ3v) is 3.68. The molecule has 0 aromatic heterocycles. The molecule has 1 atom stereocenters. The van der Waals surface area contributed by atoms with Gasteiger partial charge in [0.05, 0.1) is 13.2 Å². The molecule has 1 N–H and O–H groups in total. The second-order valence-corrected chi connectivity index (χ2v) is 5.32. The van der Waals surface area contributed by atoms with E-state index >= 15 is 0 Å². The lowest BCUT2D eigenvalue weighted by atomic mass is 10.1. The Kier molecular flexibility index (Phi) is 8.70. The van der Waals surface area contributed by atoms with Crippen LogP contribution in [0.5, 0.6) is 0 Å². The average molecular weight is 421 g/mol. The van der Waals surface area contributed by atoms with E-state index in [2.05, 4.69) is 15.2 Å². The van der Waals surface area contributed by atoms with Gasteiger partial charge in [-0.1, -0.05) is 18.2 Å². The lowest BCUT2D eigenvalue weighted by Gasteiger charge is -2.21. The molecule has 0 spiro atoms. The first kappa shape index (κ1) is 19.2. The minimum absolute atomic E-state index is 0. The van der Waals surface area contributed by atoms with Gasteiger partial charge in [0, 0.05) is 38.2 Å².